The maximum absolute atomic E-state index is 11.0. The maximum Gasteiger partial charge on any atom is 0.171 e. The predicted molar refractivity (Wildman–Crippen MR) is 82.4 cm³/mol. The largest absolute Gasteiger partial charge is 0.493 e. The molecule has 0 N–H and O–H groups in total. The quantitative estimate of drug-likeness (QED) is 0.554. The Bertz CT molecular complexity index is 624. The molecule has 0 saturated carbocycles. The van der Waals surface area contributed by atoms with Gasteiger partial charge in [-0.05, 0) is 24.3 Å². The van der Waals surface area contributed by atoms with Crippen molar-refractivity contribution in [2.45, 2.75) is 0 Å². The van der Waals surface area contributed by atoms with Gasteiger partial charge in [0.15, 0.2) is 29.3 Å². The minimum absolute atomic E-state index is 0.277. The summed E-state index contributed by atoms with van der Waals surface area (Å²) >= 11 is 0. The van der Waals surface area contributed by atoms with E-state index in [1.54, 1.807) is 25.3 Å². The Morgan fingerprint density at radius 1 is 0.818 bits per heavy atom. The molecule has 0 fully saturated rings. The van der Waals surface area contributed by atoms with E-state index >= 15 is 0 Å². The molecular formula is C17H18O5. The van der Waals surface area contributed by atoms with Crippen LogP contribution in [0.1, 0.15) is 10.4 Å². The Labute approximate surface area is 129 Å². The van der Waals surface area contributed by atoms with E-state index in [0.717, 1.165) is 6.29 Å². The molecule has 22 heavy (non-hydrogen) atoms. The fourth-order valence-electron chi connectivity index (χ4n) is 1.97. The highest BCUT2D eigenvalue weighted by atomic mass is 16.5. The third-order valence-corrected chi connectivity index (χ3v) is 3.01. The van der Waals surface area contributed by atoms with Crippen LogP contribution in [0.25, 0.3) is 0 Å². The number of ether oxygens (including phenoxy) is 4. The number of hydrogen-bond acceptors (Lipinski definition) is 5. The molecule has 0 saturated heterocycles. The van der Waals surface area contributed by atoms with Crippen LogP contribution in [-0.2, 0) is 0 Å². The molecule has 0 aliphatic heterocycles. The van der Waals surface area contributed by atoms with Gasteiger partial charge in [0.2, 0.25) is 0 Å². The molecule has 0 bridgehead atoms. The summed E-state index contributed by atoms with van der Waals surface area (Å²) in [7, 11) is 3.12. The topological polar surface area (TPSA) is 54.0 Å². The van der Waals surface area contributed by atoms with E-state index in [4.69, 9.17) is 18.9 Å². The van der Waals surface area contributed by atoms with E-state index < -0.39 is 0 Å². The molecule has 0 spiro atoms. The monoisotopic (exact) mass is 302 g/mol. The van der Waals surface area contributed by atoms with Crippen molar-refractivity contribution < 1.29 is 23.7 Å². The van der Waals surface area contributed by atoms with Crippen LogP contribution < -0.4 is 18.9 Å². The average molecular weight is 302 g/mol. The third-order valence-electron chi connectivity index (χ3n) is 3.01. The zero-order chi connectivity index (χ0) is 15.8. The summed E-state index contributed by atoms with van der Waals surface area (Å²) in [5.74, 6) is 2.24. The summed E-state index contributed by atoms with van der Waals surface area (Å²) in [5, 5.41) is 0. The smallest absolute Gasteiger partial charge is 0.171 e. The van der Waals surface area contributed by atoms with Crippen molar-refractivity contribution in [1.29, 1.82) is 0 Å². The minimum Gasteiger partial charge on any atom is -0.493 e. The van der Waals surface area contributed by atoms with Crippen molar-refractivity contribution in [2.75, 3.05) is 27.4 Å². The number of rotatable bonds is 8. The molecule has 0 radical (unpaired) electrons. The number of para-hydroxylation sites is 3. The fourth-order valence-corrected chi connectivity index (χ4v) is 1.97. The highest BCUT2D eigenvalue weighted by Gasteiger charge is 2.10. The van der Waals surface area contributed by atoms with Crippen LogP contribution in [0.4, 0.5) is 0 Å². The van der Waals surface area contributed by atoms with E-state index in [0.29, 0.717) is 35.2 Å². The first-order valence-corrected chi connectivity index (χ1v) is 6.81. The zero-order valence-corrected chi connectivity index (χ0v) is 12.6. The highest BCUT2D eigenvalue weighted by molar-refractivity contribution is 5.81. The van der Waals surface area contributed by atoms with Gasteiger partial charge >= 0.3 is 0 Å². The molecule has 116 valence electrons. The van der Waals surface area contributed by atoms with Gasteiger partial charge in [0.05, 0.1) is 19.8 Å². The van der Waals surface area contributed by atoms with Crippen LogP contribution in [0.15, 0.2) is 42.5 Å². The highest BCUT2D eigenvalue weighted by Crippen LogP contribution is 2.30. The SMILES string of the molecule is COc1ccccc1OCCOc1c(C=O)cccc1OC. The molecule has 0 aliphatic carbocycles. The summed E-state index contributed by atoms with van der Waals surface area (Å²) in [5.41, 5.74) is 0.441. The van der Waals surface area contributed by atoms with Gasteiger partial charge in [-0.2, -0.15) is 0 Å². The summed E-state index contributed by atoms with van der Waals surface area (Å²) < 4.78 is 21.6. The molecule has 0 aliphatic rings. The number of benzene rings is 2. The fraction of sp³-hybridized carbons (Fsp3) is 0.235. The van der Waals surface area contributed by atoms with E-state index in [9.17, 15) is 4.79 Å². The second kappa shape index (κ2) is 7.93. The van der Waals surface area contributed by atoms with Gasteiger partial charge in [-0.25, -0.2) is 0 Å². The van der Waals surface area contributed by atoms with E-state index in [2.05, 4.69) is 0 Å². The van der Waals surface area contributed by atoms with Crippen LogP contribution >= 0.6 is 0 Å². The first kappa shape index (κ1) is 15.7. The summed E-state index contributed by atoms with van der Waals surface area (Å²) in [6.07, 6.45) is 0.735. The Kier molecular flexibility index (Phi) is 5.65. The Morgan fingerprint density at radius 3 is 2.14 bits per heavy atom. The number of carbonyl (C=O) groups is 1. The molecule has 2 aromatic rings. The van der Waals surface area contributed by atoms with Gasteiger partial charge < -0.3 is 18.9 Å². The Balaban J connectivity index is 1.96. The van der Waals surface area contributed by atoms with Gasteiger partial charge in [-0.1, -0.05) is 18.2 Å². The van der Waals surface area contributed by atoms with Crippen LogP contribution in [0.2, 0.25) is 0 Å². The molecular weight excluding hydrogens is 284 g/mol. The molecule has 0 unspecified atom stereocenters. The molecule has 0 aromatic heterocycles. The van der Waals surface area contributed by atoms with Crippen molar-refractivity contribution in [1.82, 2.24) is 0 Å². The van der Waals surface area contributed by atoms with E-state index in [-0.39, 0.29) is 6.61 Å². The van der Waals surface area contributed by atoms with Crippen LogP contribution in [0.3, 0.4) is 0 Å². The molecule has 5 nitrogen and oxygen atoms in total. The number of methoxy groups -OCH3 is 2. The lowest BCUT2D eigenvalue weighted by Gasteiger charge is -2.14. The number of hydrogen-bond donors (Lipinski definition) is 0. The summed E-state index contributed by atoms with van der Waals surface area (Å²) in [4.78, 5) is 11.0. The zero-order valence-electron chi connectivity index (χ0n) is 12.6. The predicted octanol–water partition coefficient (Wildman–Crippen LogP) is 2.97. The standard InChI is InChI=1S/C17H18O5/c1-19-14-7-3-4-8-15(14)21-10-11-22-17-13(12-18)6-5-9-16(17)20-2/h3-9,12H,10-11H2,1-2H3. The number of aldehydes is 1. The van der Waals surface area contributed by atoms with Gasteiger partial charge in [-0.15, -0.1) is 0 Å². The van der Waals surface area contributed by atoms with Gasteiger partial charge in [-0.3, -0.25) is 4.79 Å². The molecule has 2 rings (SSSR count). The average Bonchev–Trinajstić information content (AvgIpc) is 2.58. The maximum atomic E-state index is 11.0. The van der Waals surface area contributed by atoms with Crippen LogP contribution in [0.5, 0.6) is 23.0 Å². The first-order valence-electron chi connectivity index (χ1n) is 6.81. The molecule has 5 heteroatoms. The van der Waals surface area contributed by atoms with E-state index in [1.807, 2.05) is 24.3 Å². The van der Waals surface area contributed by atoms with Gasteiger partial charge in [0, 0.05) is 0 Å². The summed E-state index contributed by atoms with van der Waals surface area (Å²) in [6.45, 7) is 0.593. The van der Waals surface area contributed by atoms with Crippen molar-refractivity contribution in [2.24, 2.45) is 0 Å². The third kappa shape index (κ3) is 3.69. The lowest BCUT2D eigenvalue weighted by Crippen LogP contribution is -2.11. The molecule has 0 atom stereocenters. The van der Waals surface area contributed by atoms with Crippen molar-refractivity contribution in [3.63, 3.8) is 0 Å². The summed E-state index contributed by atoms with van der Waals surface area (Å²) in [6, 6.07) is 12.5. The van der Waals surface area contributed by atoms with Gasteiger partial charge in [0.1, 0.15) is 13.2 Å². The molecule has 0 amide bonds. The second-order valence-electron chi connectivity index (χ2n) is 4.34. The van der Waals surface area contributed by atoms with Crippen molar-refractivity contribution in [3.05, 3.63) is 48.0 Å². The lowest BCUT2D eigenvalue weighted by molar-refractivity contribution is 0.111. The normalized spacial score (nSPS) is 9.91. The van der Waals surface area contributed by atoms with Crippen LogP contribution in [0, 0.1) is 0 Å². The molecule has 0 heterocycles. The lowest BCUT2D eigenvalue weighted by atomic mass is 10.2. The van der Waals surface area contributed by atoms with E-state index in [1.165, 1.54) is 7.11 Å². The Morgan fingerprint density at radius 2 is 1.45 bits per heavy atom. The molecule has 2 aromatic carbocycles. The van der Waals surface area contributed by atoms with Crippen LogP contribution in [-0.4, -0.2) is 33.7 Å². The first-order chi connectivity index (χ1) is 10.8. The van der Waals surface area contributed by atoms with Crippen molar-refractivity contribution >= 4 is 6.29 Å². The van der Waals surface area contributed by atoms with Crippen molar-refractivity contribution in [3.8, 4) is 23.0 Å². The number of carbonyl (C=O) groups excluding carboxylic acids is 1. The Hall–Kier alpha value is -2.69. The minimum atomic E-state index is 0.277. The second-order valence-corrected chi connectivity index (χ2v) is 4.34. The van der Waals surface area contributed by atoms with Gasteiger partial charge in [0.25, 0.3) is 0 Å².